The zero-order valence-corrected chi connectivity index (χ0v) is 13.9. The Morgan fingerprint density at radius 3 is 2.88 bits per heavy atom. The Morgan fingerprint density at radius 2 is 2.21 bits per heavy atom. The maximum atomic E-state index is 11.1. The van der Waals surface area contributed by atoms with Crippen molar-refractivity contribution in [3.05, 3.63) is 53.3 Å². The highest BCUT2D eigenvalue weighted by Crippen LogP contribution is 2.33. The van der Waals surface area contributed by atoms with Gasteiger partial charge in [-0.2, -0.15) is 5.10 Å². The van der Waals surface area contributed by atoms with Crippen molar-refractivity contribution in [2.24, 2.45) is 11.7 Å². The third-order valence-electron chi connectivity index (χ3n) is 4.49. The molecule has 2 aromatic rings. The van der Waals surface area contributed by atoms with Gasteiger partial charge in [0, 0.05) is 49.5 Å². The van der Waals surface area contributed by atoms with E-state index in [2.05, 4.69) is 23.5 Å². The van der Waals surface area contributed by atoms with E-state index in [0.29, 0.717) is 11.5 Å². The van der Waals surface area contributed by atoms with Gasteiger partial charge in [0.05, 0.1) is 12.3 Å². The summed E-state index contributed by atoms with van der Waals surface area (Å²) < 4.78 is 7.84. The summed E-state index contributed by atoms with van der Waals surface area (Å²) in [7, 11) is 0. The Balaban J connectivity index is 1.52. The van der Waals surface area contributed by atoms with Crippen molar-refractivity contribution >= 4 is 5.91 Å². The minimum Gasteiger partial charge on any atom is -0.373 e. The summed E-state index contributed by atoms with van der Waals surface area (Å²) in [6.45, 7) is 5.39. The van der Waals surface area contributed by atoms with Gasteiger partial charge in [0.2, 0.25) is 5.91 Å². The molecule has 0 bridgehead atoms. The van der Waals surface area contributed by atoms with Crippen LogP contribution in [0.3, 0.4) is 0 Å². The lowest BCUT2D eigenvalue weighted by Gasteiger charge is -2.18. The number of hydrogen-bond donors (Lipinski definition) is 2. The minimum absolute atomic E-state index is 0.120. The number of aromatic nitrogens is 2. The highest BCUT2D eigenvalue weighted by molar-refractivity contribution is 5.92. The molecule has 1 aromatic carbocycles. The van der Waals surface area contributed by atoms with Gasteiger partial charge in [-0.3, -0.25) is 9.48 Å². The predicted molar refractivity (Wildman–Crippen MR) is 91.4 cm³/mol. The minimum atomic E-state index is -0.395. The number of primary amides is 1. The molecule has 1 amide bonds. The normalized spacial score (nSPS) is 20.4. The fourth-order valence-corrected chi connectivity index (χ4v) is 3.10. The van der Waals surface area contributed by atoms with Gasteiger partial charge in [-0.05, 0) is 31.0 Å². The fraction of sp³-hybridized carbons (Fsp3) is 0.444. The molecule has 3 N–H and O–H groups in total. The van der Waals surface area contributed by atoms with Crippen LogP contribution in [0.5, 0.6) is 0 Å². The Bertz CT molecular complexity index is 681. The molecule has 6 heteroatoms. The third-order valence-corrected chi connectivity index (χ3v) is 4.49. The molecule has 0 radical (unpaired) electrons. The molecule has 0 spiro atoms. The number of nitrogens with one attached hydrogen (secondary N) is 1. The molecule has 1 saturated heterocycles. The van der Waals surface area contributed by atoms with Crippen LogP contribution >= 0.6 is 0 Å². The van der Waals surface area contributed by atoms with Crippen LogP contribution in [-0.2, 0) is 17.8 Å². The quantitative estimate of drug-likeness (QED) is 0.813. The van der Waals surface area contributed by atoms with Crippen LogP contribution in [0.15, 0.2) is 36.7 Å². The van der Waals surface area contributed by atoms with Crippen LogP contribution in [0, 0.1) is 5.92 Å². The van der Waals surface area contributed by atoms with Crippen LogP contribution in [0.2, 0.25) is 0 Å². The summed E-state index contributed by atoms with van der Waals surface area (Å²) in [5.74, 6) is 0.0532. The number of nitrogens with zero attached hydrogens (tertiary/aromatic N) is 2. The summed E-state index contributed by atoms with van der Waals surface area (Å²) in [6, 6.07) is 7.39. The number of carbonyl (C=O) groups excluding carboxylic acids is 1. The topological polar surface area (TPSA) is 82.2 Å². The average Bonchev–Trinajstić information content (AvgIpc) is 3.23. The van der Waals surface area contributed by atoms with Crippen LogP contribution in [0.4, 0.5) is 0 Å². The van der Waals surface area contributed by atoms with E-state index in [9.17, 15) is 4.79 Å². The van der Waals surface area contributed by atoms with Crippen LogP contribution in [0.1, 0.15) is 40.9 Å². The number of carbonyl (C=O) groups is 1. The van der Waals surface area contributed by atoms with E-state index in [1.807, 2.05) is 23.0 Å². The Labute approximate surface area is 142 Å². The molecule has 3 rings (SSSR count). The van der Waals surface area contributed by atoms with Gasteiger partial charge in [0.25, 0.3) is 0 Å². The smallest absolute Gasteiger partial charge is 0.248 e. The van der Waals surface area contributed by atoms with E-state index in [-0.39, 0.29) is 6.10 Å². The van der Waals surface area contributed by atoms with Gasteiger partial charge in [0.1, 0.15) is 0 Å². The fourth-order valence-electron chi connectivity index (χ4n) is 3.10. The summed E-state index contributed by atoms with van der Waals surface area (Å²) in [5, 5.41) is 7.83. The largest absolute Gasteiger partial charge is 0.373 e. The summed E-state index contributed by atoms with van der Waals surface area (Å²) in [5.41, 5.74) is 8.08. The Kier molecular flexibility index (Phi) is 5.27. The second-order valence-corrected chi connectivity index (χ2v) is 6.16. The Hall–Kier alpha value is -2.18. The molecule has 1 aliphatic rings. The maximum Gasteiger partial charge on any atom is 0.248 e. The first-order chi connectivity index (χ1) is 11.7. The van der Waals surface area contributed by atoms with Crippen LogP contribution < -0.4 is 11.1 Å². The van der Waals surface area contributed by atoms with Gasteiger partial charge in [-0.15, -0.1) is 0 Å². The lowest BCUT2D eigenvalue weighted by atomic mass is 9.97. The van der Waals surface area contributed by atoms with Crippen LogP contribution in [-0.4, -0.2) is 28.8 Å². The molecule has 24 heavy (non-hydrogen) atoms. The average molecular weight is 328 g/mol. The summed E-state index contributed by atoms with van der Waals surface area (Å²) >= 11 is 0. The van der Waals surface area contributed by atoms with Gasteiger partial charge in [-0.25, -0.2) is 0 Å². The Morgan fingerprint density at radius 1 is 1.42 bits per heavy atom. The second kappa shape index (κ2) is 7.59. The van der Waals surface area contributed by atoms with Gasteiger partial charge >= 0.3 is 0 Å². The van der Waals surface area contributed by atoms with Crippen molar-refractivity contribution in [2.75, 3.05) is 13.2 Å². The van der Waals surface area contributed by atoms with Crippen molar-refractivity contribution in [2.45, 2.75) is 32.5 Å². The van der Waals surface area contributed by atoms with Crippen molar-refractivity contribution < 1.29 is 9.53 Å². The molecule has 1 aliphatic heterocycles. The van der Waals surface area contributed by atoms with Gasteiger partial charge < -0.3 is 15.8 Å². The lowest BCUT2D eigenvalue weighted by Crippen LogP contribution is -2.24. The lowest BCUT2D eigenvalue weighted by molar-refractivity contribution is 0.0903. The standard InChI is InChI=1S/C18H24N4O2/c1-2-22-12-16(11-21-22)17-15(7-8-24-17)10-20-9-13-3-5-14(6-4-13)18(19)23/h3-6,11-12,15,17,20H,2,7-10H2,1H3,(H2,19,23)/t15-,17+/m1/s1. The number of nitrogens with two attached hydrogens (primary N) is 1. The van der Waals surface area contributed by atoms with Crippen molar-refractivity contribution in [3.63, 3.8) is 0 Å². The second-order valence-electron chi connectivity index (χ2n) is 6.16. The number of amides is 1. The zero-order chi connectivity index (χ0) is 16.9. The van der Waals surface area contributed by atoms with E-state index in [0.717, 1.165) is 43.8 Å². The number of aryl methyl sites for hydroxylation is 1. The van der Waals surface area contributed by atoms with Gasteiger partial charge in [-0.1, -0.05) is 12.1 Å². The molecular weight excluding hydrogens is 304 g/mol. The molecule has 1 aromatic heterocycles. The SMILES string of the molecule is CCn1cc([C@H]2OCC[C@@H]2CNCc2ccc(C(N)=O)cc2)cn1. The zero-order valence-electron chi connectivity index (χ0n) is 13.9. The van der Waals surface area contributed by atoms with E-state index < -0.39 is 5.91 Å². The van der Waals surface area contributed by atoms with Gasteiger partial charge in [0.15, 0.2) is 0 Å². The summed E-state index contributed by atoms with van der Waals surface area (Å²) in [6.07, 6.45) is 5.16. The van der Waals surface area contributed by atoms with Crippen molar-refractivity contribution in [1.82, 2.24) is 15.1 Å². The molecule has 2 atom stereocenters. The van der Waals surface area contributed by atoms with Crippen molar-refractivity contribution in [1.29, 1.82) is 0 Å². The van der Waals surface area contributed by atoms with E-state index >= 15 is 0 Å². The monoisotopic (exact) mass is 328 g/mol. The molecule has 1 fully saturated rings. The number of hydrogen-bond acceptors (Lipinski definition) is 4. The molecule has 0 aliphatic carbocycles. The maximum absolute atomic E-state index is 11.1. The van der Waals surface area contributed by atoms with E-state index in [4.69, 9.17) is 10.5 Å². The first kappa shape index (κ1) is 16.7. The number of ether oxygens (including phenoxy) is 1. The van der Waals surface area contributed by atoms with Crippen LogP contribution in [0.25, 0.3) is 0 Å². The highest BCUT2D eigenvalue weighted by atomic mass is 16.5. The molecule has 6 nitrogen and oxygen atoms in total. The number of benzene rings is 1. The van der Waals surface area contributed by atoms with E-state index in [1.165, 1.54) is 0 Å². The highest BCUT2D eigenvalue weighted by Gasteiger charge is 2.30. The third kappa shape index (κ3) is 3.83. The molecule has 0 unspecified atom stereocenters. The summed E-state index contributed by atoms with van der Waals surface area (Å²) in [4.78, 5) is 11.1. The first-order valence-corrected chi connectivity index (χ1v) is 8.40. The van der Waals surface area contributed by atoms with Crippen molar-refractivity contribution in [3.8, 4) is 0 Å². The molecular formula is C18H24N4O2. The first-order valence-electron chi connectivity index (χ1n) is 8.40. The number of rotatable bonds is 7. The molecule has 128 valence electrons. The molecule has 2 heterocycles. The molecule has 0 saturated carbocycles. The van der Waals surface area contributed by atoms with E-state index in [1.54, 1.807) is 12.1 Å². The predicted octanol–water partition coefficient (Wildman–Crippen LogP) is 1.87.